The van der Waals surface area contributed by atoms with Crippen molar-refractivity contribution in [2.75, 3.05) is 19.6 Å². The van der Waals surface area contributed by atoms with Gasteiger partial charge in [-0.3, -0.25) is 4.79 Å². The van der Waals surface area contributed by atoms with Gasteiger partial charge in [0.25, 0.3) is 5.91 Å². The van der Waals surface area contributed by atoms with E-state index in [2.05, 4.69) is 18.3 Å². The van der Waals surface area contributed by atoms with Crippen molar-refractivity contribution in [1.82, 2.24) is 9.80 Å². The lowest BCUT2D eigenvalue weighted by atomic mass is 10.0. The average Bonchev–Trinajstić information content (AvgIpc) is 3.22. The Bertz CT molecular complexity index is 796. The van der Waals surface area contributed by atoms with Crippen molar-refractivity contribution in [1.29, 1.82) is 5.26 Å². The first-order chi connectivity index (χ1) is 11.8. The van der Waals surface area contributed by atoms with Crippen molar-refractivity contribution in [3.63, 3.8) is 0 Å². The van der Waals surface area contributed by atoms with Gasteiger partial charge in [0.15, 0.2) is 6.19 Å². The van der Waals surface area contributed by atoms with E-state index < -0.39 is 0 Å². The van der Waals surface area contributed by atoms with E-state index in [0.717, 1.165) is 36.2 Å². The van der Waals surface area contributed by atoms with Crippen LogP contribution in [-0.2, 0) is 0 Å². The molecule has 120 valence electrons. The van der Waals surface area contributed by atoms with Crippen molar-refractivity contribution in [2.45, 2.75) is 12.5 Å². The van der Waals surface area contributed by atoms with Crippen molar-refractivity contribution in [2.24, 2.45) is 5.92 Å². The zero-order valence-electron chi connectivity index (χ0n) is 13.4. The summed E-state index contributed by atoms with van der Waals surface area (Å²) in [5.41, 5.74) is 2.90. The molecule has 2 unspecified atom stereocenters. The van der Waals surface area contributed by atoms with Gasteiger partial charge >= 0.3 is 0 Å². The van der Waals surface area contributed by atoms with Gasteiger partial charge in [-0.1, -0.05) is 42.5 Å². The number of carbonyl (C=O) groups excluding carboxylic acids is 1. The normalized spacial score (nSPS) is 22.3. The van der Waals surface area contributed by atoms with Crippen LogP contribution in [-0.4, -0.2) is 41.4 Å². The van der Waals surface area contributed by atoms with Crippen molar-refractivity contribution < 1.29 is 4.79 Å². The molecule has 24 heavy (non-hydrogen) atoms. The molecular formula is C20H19N3O. The van der Waals surface area contributed by atoms with E-state index in [-0.39, 0.29) is 11.9 Å². The molecule has 0 N–H and O–H groups in total. The maximum absolute atomic E-state index is 13.0. The quantitative estimate of drug-likeness (QED) is 0.800. The summed E-state index contributed by atoms with van der Waals surface area (Å²) in [6, 6.07) is 18.1. The second-order valence-electron chi connectivity index (χ2n) is 6.57. The Morgan fingerprint density at radius 3 is 2.62 bits per heavy atom. The maximum atomic E-state index is 13.0. The molecule has 0 radical (unpaired) electrons. The molecule has 1 amide bonds. The Morgan fingerprint density at radius 1 is 1.04 bits per heavy atom. The van der Waals surface area contributed by atoms with Crippen LogP contribution in [0.25, 0.3) is 11.1 Å². The number of fused-ring (bicyclic) bond motifs is 1. The lowest BCUT2D eigenvalue weighted by Gasteiger charge is -2.24. The van der Waals surface area contributed by atoms with Gasteiger partial charge < -0.3 is 9.80 Å². The van der Waals surface area contributed by atoms with Crippen LogP contribution < -0.4 is 0 Å². The predicted molar refractivity (Wildman–Crippen MR) is 92.0 cm³/mol. The summed E-state index contributed by atoms with van der Waals surface area (Å²) in [6.07, 6.45) is 3.21. The molecule has 2 aliphatic rings. The number of nitrogens with zero attached hydrogens (tertiary/aromatic N) is 3. The molecule has 2 aromatic carbocycles. The van der Waals surface area contributed by atoms with E-state index in [1.807, 2.05) is 47.4 Å². The second kappa shape index (κ2) is 6.01. The molecule has 4 nitrogen and oxygen atoms in total. The Labute approximate surface area is 141 Å². The fourth-order valence-electron chi connectivity index (χ4n) is 3.92. The van der Waals surface area contributed by atoms with Crippen LogP contribution in [0.5, 0.6) is 0 Å². The molecule has 0 spiro atoms. The number of carbonyl (C=O) groups is 1. The third-order valence-corrected chi connectivity index (χ3v) is 5.17. The maximum Gasteiger partial charge on any atom is 0.254 e. The molecule has 2 aliphatic heterocycles. The van der Waals surface area contributed by atoms with Crippen molar-refractivity contribution in [3.8, 4) is 17.3 Å². The number of rotatable bonds is 2. The van der Waals surface area contributed by atoms with Gasteiger partial charge in [0, 0.05) is 31.1 Å². The third-order valence-electron chi connectivity index (χ3n) is 5.17. The summed E-state index contributed by atoms with van der Waals surface area (Å²) in [5, 5.41) is 9.10. The molecule has 4 rings (SSSR count). The Balaban J connectivity index is 1.58. The average molecular weight is 317 g/mol. The topological polar surface area (TPSA) is 47.3 Å². The van der Waals surface area contributed by atoms with Crippen LogP contribution >= 0.6 is 0 Å². The van der Waals surface area contributed by atoms with Crippen LogP contribution in [0.15, 0.2) is 54.6 Å². The zero-order chi connectivity index (χ0) is 16.5. The molecule has 4 heteroatoms. The highest BCUT2D eigenvalue weighted by molar-refractivity contribution is 5.96. The van der Waals surface area contributed by atoms with E-state index in [1.54, 1.807) is 4.90 Å². The van der Waals surface area contributed by atoms with Crippen LogP contribution in [0.2, 0.25) is 0 Å². The highest BCUT2D eigenvalue weighted by atomic mass is 16.2. The first-order valence-electron chi connectivity index (χ1n) is 8.37. The Kier molecular flexibility index (Phi) is 3.70. The summed E-state index contributed by atoms with van der Waals surface area (Å²) in [6.45, 7) is 2.25. The summed E-state index contributed by atoms with van der Waals surface area (Å²) in [4.78, 5) is 16.7. The van der Waals surface area contributed by atoms with Gasteiger partial charge in [0.05, 0.1) is 6.04 Å². The van der Waals surface area contributed by atoms with Gasteiger partial charge in [0.2, 0.25) is 0 Å². The number of benzene rings is 2. The van der Waals surface area contributed by atoms with Crippen LogP contribution in [0, 0.1) is 17.4 Å². The van der Waals surface area contributed by atoms with Gasteiger partial charge in [-0.25, -0.2) is 0 Å². The molecule has 0 aliphatic carbocycles. The van der Waals surface area contributed by atoms with Gasteiger partial charge in [-0.2, -0.15) is 5.26 Å². The molecule has 2 aromatic rings. The fourth-order valence-corrected chi connectivity index (χ4v) is 3.92. The number of nitriles is 1. The lowest BCUT2D eigenvalue weighted by Crippen LogP contribution is -2.39. The molecule has 2 heterocycles. The minimum Gasteiger partial charge on any atom is -0.333 e. The van der Waals surface area contributed by atoms with Gasteiger partial charge in [-0.15, -0.1) is 0 Å². The summed E-state index contributed by atoms with van der Waals surface area (Å²) >= 11 is 0. The Morgan fingerprint density at radius 2 is 1.83 bits per heavy atom. The van der Waals surface area contributed by atoms with E-state index >= 15 is 0 Å². The molecular weight excluding hydrogens is 298 g/mol. The first kappa shape index (κ1) is 14.8. The van der Waals surface area contributed by atoms with E-state index in [0.29, 0.717) is 12.5 Å². The SMILES string of the molecule is N#CN1CC2CCN(C(=O)c3cccc(-c4ccccc4)c3)C2C1. The van der Waals surface area contributed by atoms with Gasteiger partial charge in [0.1, 0.15) is 0 Å². The third kappa shape index (κ3) is 2.52. The largest absolute Gasteiger partial charge is 0.333 e. The first-order valence-corrected chi connectivity index (χ1v) is 8.37. The van der Waals surface area contributed by atoms with Gasteiger partial charge in [-0.05, 0) is 29.7 Å². The summed E-state index contributed by atoms with van der Waals surface area (Å²) in [5.74, 6) is 0.519. The summed E-state index contributed by atoms with van der Waals surface area (Å²) in [7, 11) is 0. The highest BCUT2D eigenvalue weighted by Crippen LogP contribution is 2.32. The molecule has 0 aromatic heterocycles. The highest BCUT2D eigenvalue weighted by Gasteiger charge is 2.43. The van der Waals surface area contributed by atoms with Crippen molar-refractivity contribution in [3.05, 3.63) is 60.2 Å². The molecule has 0 bridgehead atoms. The molecule has 0 saturated carbocycles. The fraction of sp³-hybridized carbons (Fsp3) is 0.300. The zero-order valence-corrected chi connectivity index (χ0v) is 13.4. The number of hydrogen-bond donors (Lipinski definition) is 0. The van der Waals surface area contributed by atoms with E-state index in [9.17, 15) is 4.79 Å². The summed E-state index contributed by atoms with van der Waals surface area (Å²) < 4.78 is 0. The second-order valence-corrected chi connectivity index (χ2v) is 6.57. The Hall–Kier alpha value is -2.80. The minimum absolute atomic E-state index is 0.0834. The number of likely N-dealkylation sites (tertiary alicyclic amines) is 2. The number of hydrogen-bond acceptors (Lipinski definition) is 3. The monoisotopic (exact) mass is 317 g/mol. The van der Waals surface area contributed by atoms with Crippen molar-refractivity contribution >= 4 is 5.91 Å². The van der Waals surface area contributed by atoms with Crippen LogP contribution in [0.4, 0.5) is 0 Å². The van der Waals surface area contributed by atoms with Crippen LogP contribution in [0.1, 0.15) is 16.8 Å². The predicted octanol–water partition coefficient (Wildman–Crippen LogP) is 2.98. The van der Waals surface area contributed by atoms with E-state index in [1.165, 1.54) is 0 Å². The molecule has 2 fully saturated rings. The lowest BCUT2D eigenvalue weighted by molar-refractivity contribution is 0.0731. The molecule has 2 saturated heterocycles. The smallest absolute Gasteiger partial charge is 0.254 e. The molecule has 2 atom stereocenters. The number of amides is 1. The van der Waals surface area contributed by atoms with E-state index in [4.69, 9.17) is 5.26 Å². The van der Waals surface area contributed by atoms with Crippen LogP contribution in [0.3, 0.4) is 0 Å². The minimum atomic E-state index is 0.0834. The standard InChI is InChI=1S/C20H19N3O/c21-14-22-12-18-9-10-23(19(18)13-22)20(24)17-8-4-7-16(11-17)15-5-2-1-3-6-15/h1-8,11,18-19H,9-10,12-13H2.